The van der Waals surface area contributed by atoms with Crippen LogP contribution in [0.3, 0.4) is 0 Å². The van der Waals surface area contributed by atoms with Crippen molar-refractivity contribution in [3.63, 3.8) is 0 Å². The number of ether oxygens (including phenoxy) is 7. The molecule has 0 bridgehead atoms. The summed E-state index contributed by atoms with van der Waals surface area (Å²) < 4.78 is 64.8. The maximum Gasteiger partial charge on any atom is 0.472 e. The van der Waals surface area contributed by atoms with Gasteiger partial charge in [0.2, 0.25) is 0 Å². The molecule has 0 spiro atoms. The second-order valence-corrected chi connectivity index (χ2v) is 29.2. The fourth-order valence-corrected chi connectivity index (χ4v) is 13.6. The lowest BCUT2D eigenvalue weighted by Crippen LogP contribution is -2.69. The second kappa shape index (κ2) is 56.5. The smallest absolute Gasteiger partial charge is 0.463 e. The zero-order valence-corrected chi connectivity index (χ0v) is 61.9. The van der Waals surface area contributed by atoms with Gasteiger partial charge >= 0.3 is 25.7 Å². The highest BCUT2D eigenvalue weighted by molar-refractivity contribution is 7.47. The summed E-state index contributed by atoms with van der Waals surface area (Å²) in [5.41, 5.74) is 0. The van der Waals surface area contributed by atoms with Crippen LogP contribution >= 0.6 is 7.82 Å². The molecule has 0 aromatic carbocycles. The molecule has 2 heterocycles. The minimum atomic E-state index is -5.72. The molecule has 0 radical (unpaired) electrons. The van der Waals surface area contributed by atoms with Gasteiger partial charge in [0.25, 0.3) is 0 Å². The minimum Gasteiger partial charge on any atom is -0.463 e. The molecule has 11 N–H and O–H groups in total. The number of carbonyl (C=O) groups is 3. The Morgan fingerprint density at radius 2 is 0.780 bits per heavy atom. The molecule has 1 aliphatic carbocycles. The largest absolute Gasteiger partial charge is 0.472 e. The predicted octanol–water partition coefficient (Wildman–Crippen LogP) is 11.1. The number of esters is 3. The average Bonchev–Trinajstić information content (AvgIpc) is 0.764. The summed E-state index contributed by atoms with van der Waals surface area (Å²) in [5, 5.41) is 110. The fraction of sp³-hybridized carbons (Fsp3) is 0.880. The highest BCUT2D eigenvalue weighted by Gasteiger charge is 2.58. The quantitative estimate of drug-likeness (QED) is 0.00512. The molecule has 2 saturated heterocycles. The molecule has 3 rings (SSSR count). The van der Waals surface area contributed by atoms with Crippen molar-refractivity contribution in [1.82, 2.24) is 0 Å². The van der Waals surface area contributed by atoms with E-state index in [0.717, 1.165) is 96.0 Å². The normalized spacial score (nSPS) is 27.5. The van der Waals surface area contributed by atoms with E-state index in [0.29, 0.717) is 12.8 Å². The number of carbonyl (C=O) groups excluding carboxylic acids is 3. The van der Waals surface area contributed by atoms with Gasteiger partial charge in [-0.05, 0) is 51.4 Å². The Morgan fingerprint density at radius 1 is 0.410 bits per heavy atom. The lowest BCUT2D eigenvalue weighted by molar-refractivity contribution is -0.360. The second-order valence-electron chi connectivity index (χ2n) is 27.8. The molecule has 18 atom stereocenters. The summed E-state index contributed by atoms with van der Waals surface area (Å²) in [4.78, 5) is 50.9. The van der Waals surface area contributed by atoms with E-state index in [4.69, 9.17) is 42.2 Å². The minimum absolute atomic E-state index is 0.00491. The molecule has 0 aromatic heterocycles. The molecule has 3 aliphatic rings. The summed E-state index contributed by atoms with van der Waals surface area (Å²) in [5.74, 6) is -2.26. The van der Waals surface area contributed by atoms with E-state index >= 15 is 0 Å². The number of aliphatic hydroxyl groups excluding tert-OH is 10. The predicted molar refractivity (Wildman–Crippen MR) is 379 cm³/mol. The number of allylic oxidation sites excluding steroid dienone is 5. The third-order valence-corrected chi connectivity index (χ3v) is 20.0. The first-order chi connectivity index (χ1) is 48.3. The van der Waals surface area contributed by atoms with Crippen molar-refractivity contribution in [3.05, 3.63) is 36.5 Å². The van der Waals surface area contributed by atoms with E-state index in [1.54, 1.807) is 6.08 Å². The maximum atomic E-state index is 14.3. The van der Waals surface area contributed by atoms with Crippen molar-refractivity contribution in [3.8, 4) is 0 Å². The SMILES string of the molecule is CCCCCCCCC/C=C\CCCCCC(=O)OCC1OC(OC2C(O)C(O)C(O)C(OC3OC(CO)C(O)C(O)C3O)C2OP(=O)(O)OCC(COC(=O)/C=C/C=C/CCCCCCCCCCCCC)OC(=O)CCCCCCCCCCCCCCCCCC)C(O)C(O)C1O. The Bertz CT molecular complexity index is 2210. The molecular weight excluding hydrogens is 1320 g/mol. The van der Waals surface area contributed by atoms with Crippen molar-refractivity contribution in [2.75, 3.05) is 26.4 Å². The number of phosphoric ester groups is 1. The highest BCUT2D eigenvalue weighted by atomic mass is 31.2. The number of rotatable bonds is 60. The number of aliphatic hydroxyl groups is 10. The van der Waals surface area contributed by atoms with Gasteiger partial charge in [-0.15, -0.1) is 0 Å². The van der Waals surface area contributed by atoms with Crippen LogP contribution in [0.25, 0.3) is 0 Å². The van der Waals surface area contributed by atoms with E-state index < -0.39 is 156 Å². The average molecular weight is 1450 g/mol. The number of phosphoric acid groups is 1. The molecule has 0 amide bonds. The molecule has 24 nitrogen and oxygen atoms in total. The van der Waals surface area contributed by atoms with Crippen molar-refractivity contribution < 1.29 is 117 Å². The first kappa shape index (κ1) is 91.4. The number of hydrogen-bond donors (Lipinski definition) is 11. The Morgan fingerprint density at radius 3 is 1.22 bits per heavy atom. The lowest BCUT2D eigenvalue weighted by Gasteiger charge is -2.49. The molecule has 3 fully saturated rings. The van der Waals surface area contributed by atoms with Crippen molar-refractivity contribution >= 4 is 25.7 Å². The van der Waals surface area contributed by atoms with Crippen LogP contribution in [0.2, 0.25) is 0 Å². The summed E-state index contributed by atoms with van der Waals surface area (Å²) in [7, 11) is -5.72. The van der Waals surface area contributed by atoms with Gasteiger partial charge in [0.15, 0.2) is 18.7 Å². The van der Waals surface area contributed by atoms with Gasteiger partial charge in [0.05, 0.1) is 13.2 Å². The molecule has 100 heavy (non-hydrogen) atoms. The third kappa shape index (κ3) is 39.0. The summed E-state index contributed by atoms with van der Waals surface area (Å²) in [6.45, 7) is 3.33. The first-order valence-electron chi connectivity index (χ1n) is 38.8. The van der Waals surface area contributed by atoms with Crippen LogP contribution in [0.5, 0.6) is 0 Å². The molecular formula is C75H135O24P. The first-order valence-corrected chi connectivity index (χ1v) is 40.3. The van der Waals surface area contributed by atoms with Gasteiger partial charge in [0, 0.05) is 18.9 Å². The van der Waals surface area contributed by atoms with Crippen LogP contribution in [0, 0.1) is 0 Å². The van der Waals surface area contributed by atoms with Gasteiger partial charge < -0.3 is 89.1 Å². The Balaban J connectivity index is 1.74. The van der Waals surface area contributed by atoms with E-state index in [1.165, 1.54) is 160 Å². The van der Waals surface area contributed by atoms with E-state index in [9.17, 15) is 74.9 Å². The topological polar surface area (TPSA) is 374 Å². The van der Waals surface area contributed by atoms with Gasteiger partial charge in [-0.25, -0.2) is 9.36 Å². The van der Waals surface area contributed by atoms with Crippen LogP contribution in [0.1, 0.15) is 290 Å². The van der Waals surface area contributed by atoms with Crippen LogP contribution < -0.4 is 0 Å². The number of unbranched alkanes of at least 4 members (excludes halogenated alkanes) is 36. The van der Waals surface area contributed by atoms with Gasteiger partial charge in [0.1, 0.15) is 98.7 Å². The zero-order chi connectivity index (χ0) is 73.2. The summed E-state index contributed by atoms with van der Waals surface area (Å²) in [6.07, 6.45) is 19.8. The van der Waals surface area contributed by atoms with Crippen molar-refractivity contribution in [2.45, 2.75) is 395 Å². The summed E-state index contributed by atoms with van der Waals surface area (Å²) >= 11 is 0. The van der Waals surface area contributed by atoms with Crippen molar-refractivity contribution in [1.29, 1.82) is 0 Å². The molecule has 2 aliphatic heterocycles. The standard InChI is InChI=1S/C75H135O24P/c1-4-7-10-13-16-19-22-25-28-30-33-36-39-42-45-48-51-61(79)94-56(53-91-59(77)49-46-43-40-37-35-32-29-26-23-20-17-14-11-8-5-2)54-93-100(89,90)99-73-71(97-74-69(87)64(82)62(80)57(52-76)95-74)67(85)66(84)68(86)72(73)98-75-70(88)65(83)63(81)58(96-75)55-92-60(78)50-47-44-41-38-34-31-27-24-21-18-15-12-9-6-3/h31,34,40,43,46,49,56-58,62-76,80-88H,4-30,32-33,35-39,41-42,44-45,47-48,50-55H2,1-3H3,(H,89,90)/b34-31-,43-40+,49-46+. The van der Waals surface area contributed by atoms with Gasteiger partial charge in [-0.1, -0.05) is 257 Å². The molecule has 25 heteroatoms. The van der Waals surface area contributed by atoms with E-state index in [2.05, 4.69) is 32.9 Å². The van der Waals surface area contributed by atoms with Crippen LogP contribution in [0.4, 0.5) is 0 Å². The Labute approximate surface area is 597 Å². The summed E-state index contributed by atoms with van der Waals surface area (Å²) in [6, 6.07) is 0. The molecule has 1 saturated carbocycles. The maximum absolute atomic E-state index is 14.3. The number of hydrogen-bond acceptors (Lipinski definition) is 23. The lowest BCUT2D eigenvalue weighted by atomic mass is 9.84. The zero-order valence-electron chi connectivity index (χ0n) is 61.0. The van der Waals surface area contributed by atoms with Crippen LogP contribution in [-0.4, -0.2) is 204 Å². The van der Waals surface area contributed by atoms with Gasteiger partial charge in [-0.3, -0.25) is 18.6 Å². The third-order valence-electron chi connectivity index (χ3n) is 19.0. The monoisotopic (exact) mass is 1450 g/mol. The Hall–Kier alpha value is -2.82. The highest BCUT2D eigenvalue weighted by Crippen LogP contribution is 2.49. The molecule has 584 valence electrons. The Kier molecular flexibility index (Phi) is 51.6. The fourth-order valence-electron chi connectivity index (χ4n) is 12.7. The van der Waals surface area contributed by atoms with Crippen LogP contribution in [-0.2, 0) is 61.2 Å². The van der Waals surface area contributed by atoms with E-state index in [1.807, 2.05) is 6.08 Å². The molecule has 18 unspecified atom stereocenters. The van der Waals surface area contributed by atoms with Gasteiger partial charge in [-0.2, -0.15) is 0 Å². The van der Waals surface area contributed by atoms with Crippen LogP contribution in [0.15, 0.2) is 36.5 Å². The van der Waals surface area contributed by atoms with Crippen molar-refractivity contribution in [2.24, 2.45) is 0 Å². The van der Waals surface area contributed by atoms with E-state index in [-0.39, 0.29) is 12.8 Å². The molecule has 0 aromatic rings.